The fraction of sp³-hybridized carbons (Fsp3) is 0.857. The van der Waals surface area contributed by atoms with Crippen molar-refractivity contribution >= 4 is 0 Å². The minimum Gasteiger partial charge on any atom is -0.296 e. The van der Waals surface area contributed by atoms with Crippen LogP contribution in [-0.2, 0) is 0 Å². The number of likely N-dealkylation sites (tertiary alicyclic amines) is 1. The summed E-state index contributed by atoms with van der Waals surface area (Å²) in [6.45, 7) is 7.87. The van der Waals surface area contributed by atoms with Gasteiger partial charge in [-0.1, -0.05) is 0 Å². The highest BCUT2D eigenvalue weighted by Gasteiger charge is 2.17. The largest absolute Gasteiger partial charge is 0.296 e. The zero-order chi connectivity index (χ0) is 5.98. The quantitative estimate of drug-likeness (QED) is 0.498. The molecule has 1 saturated heterocycles. The number of hydrogen-bond donors (Lipinski definition) is 0. The average Bonchev–Trinajstić information content (AvgIpc) is 2.14. The normalized spacial score (nSPS) is 31.5. The average molecular weight is 112 g/mol. The Bertz CT molecular complexity index is 70.8. The Morgan fingerprint density at radius 3 is 2.62 bits per heavy atom. The highest BCUT2D eigenvalue weighted by molar-refractivity contribution is 4.78. The van der Waals surface area contributed by atoms with E-state index in [0.29, 0.717) is 0 Å². The first-order valence-electron chi connectivity index (χ1n) is 3.40. The molecular weight excluding hydrogens is 98.1 g/mol. The van der Waals surface area contributed by atoms with Gasteiger partial charge in [0.1, 0.15) is 0 Å². The van der Waals surface area contributed by atoms with Crippen molar-refractivity contribution in [2.24, 2.45) is 0 Å². The van der Waals surface area contributed by atoms with E-state index in [1.54, 1.807) is 0 Å². The summed E-state index contributed by atoms with van der Waals surface area (Å²) in [5.41, 5.74) is 0. The van der Waals surface area contributed by atoms with Gasteiger partial charge in [0.2, 0.25) is 0 Å². The smallest absolute Gasteiger partial charge is 0.0223 e. The van der Waals surface area contributed by atoms with Crippen molar-refractivity contribution < 1.29 is 0 Å². The summed E-state index contributed by atoms with van der Waals surface area (Å²) in [5.74, 6) is 0. The Hall–Kier alpha value is -0.0400. The molecule has 1 heteroatoms. The second-order valence-corrected chi connectivity index (χ2v) is 2.49. The monoisotopic (exact) mass is 112 g/mol. The van der Waals surface area contributed by atoms with Crippen LogP contribution in [0.5, 0.6) is 0 Å². The van der Waals surface area contributed by atoms with Crippen LogP contribution in [0.4, 0.5) is 0 Å². The van der Waals surface area contributed by atoms with Crippen LogP contribution >= 0.6 is 0 Å². The van der Waals surface area contributed by atoms with E-state index in [9.17, 15) is 0 Å². The molecule has 0 aromatic rings. The van der Waals surface area contributed by atoms with Gasteiger partial charge in [0.05, 0.1) is 0 Å². The van der Waals surface area contributed by atoms with Gasteiger partial charge in [-0.15, -0.1) is 0 Å². The molecule has 1 fully saturated rings. The third-order valence-electron chi connectivity index (χ3n) is 1.94. The van der Waals surface area contributed by atoms with E-state index in [1.165, 1.54) is 19.4 Å². The molecule has 1 radical (unpaired) electrons. The zero-order valence-corrected chi connectivity index (χ0v) is 5.72. The van der Waals surface area contributed by atoms with Gasteiger partial charge in [0.25, 0.3) is 0 Å². The second kappa shape index (κ2) is 2.49. The van der Waals surface area contributed by atoms with Crippen LogP contribution < -0.4 is 0 Å². The second-order valence-electron chi connectivity index (χ2n) is 2.49. The van der Waals surface area contributed by atoms with Crippen molar-refractivity contribution in [2.75, 3.05) is 6.54 Å². The molecule has 1 rings (SSSR count). The van der Waals surface area contributed by atoms with E-state index < -0.39 is 0 Å². The molecule has 8 heavy (non-hydrogen) atoms. The molecule has 0 saturated carbocycles. The summed E-state index contributed by atoms with van der Waals surface area (Å²) < 4.78 is 0. The molecule has 1 heterocycles. The first-order valence-corrected chi connectivity index (χ1v) is 3.40. The standard InChI is InChI=1S/C7H14N/c1-3-8-6-4-5-7(8)2/h3,7H,4-6H2,1-2H3/t7-/m0/s1. The molecule has 0 bridgehead atoms. The molecule has 1 aliphatic heterocycles. The maximum atomic E-state index is 2.40. The predicted octanol–water partition coefficient (Wildman–Crippen LogP) is 1.65. The van der Waals surface area contributed by atoms with Gasteiger partial charge in [-0.2, -0.15) is 0 Å². The first-order chi connectivity index (χ1) is 3.84. The van der Waals surface area contributed by atoms with Gasteiger partial charge in [0.15, 0.2) is 0 Å². The Kier molecular flexibility index (Phi) is 1.90. The Morgan fingerprint density at radius 2 is 2.38 bits per heavy atom. The summed E-state index contributed by atoms with van der Waals surface area (Å²) in [5, 5.41) is 0. The third kappa shape index (κ3) is 1.03. The highest BCUT2D eigenvalue weighted by Crippen LogP contribution is 2.16. The van der Waals surface area contributed by atoms with Gasteiger partial charge in [0, 0.05) is 12.6 Å². The maximum absolute atomic E-state index is 2.40. The van der Waals surface area contributed by atoms with Crippen molar-refractivity contribution in [3.8, 4) is 0 Å². The van der Waals surface area contributed by atoms with Crippen LogP contribution in [0.1, 0.15) is 26.7 Å². The molecule has 1 aliphatic rings. The lowest BCUT2D eigenvalue weighted by atomic mass is 10.2. The first kappa shape index (κ1) is 6.09. The fourth-order valence-electron chi connectivity index (χ4n) is 1.34. The molecule has 1 nitrogen and oxygen atoms in total. The van der Waals surface area contributed by atoms with Crippen LogP contribution in [0.2, 0.25) is 0 Å². The minimum atomic E-state index is 0.806. The van der Waals surface area contributed by atoms with Gasteiger partial charge >= 0.3 is 0 Å². The van der Waals surface area contributed by atoms with Crippen LogP contribution in [0.3, 0.4) is 0 Å². The fourth-order valence-corrected chi connectivity index (χ4v) is 1.34. The Labute approximate surface area is 51.7 Å². The molecular formula is C7H14N. The molecule has 0 unspecified atom stereocenters. The molecule has 1 atom stereocenters. The van der Waals surface area contributed by atoms with Crippen molar-refractivity contribution in [1.29, 1.82) is 0 Å². The van der Waals surface area contributed by atoms with Crippen LogP contribution in [-0.4, -0.2) is 17.5 Å². The van der Waals surface area contributed by atoms with E-state index in [4.69, 9.17) is 0 Å². The van der Waals surface area contributed by atoms with E-state index in [0.717, 1.165) is 6.04 Å². The third-order valence-corrected chi connectivity index (χ3v) is 1.94. The van der Waals surface area contributed by atoms with Gasteiger partial charge in [-0.25, -0.2) is 0 Å². The minimum absolute atomic E-state index is 0.806. The molecule has 0 spiro atoms. The Balaban J connectivity index is 2.30. The summed E-state index contributed by atoms with van der Waals surface area (Å²) in [7, 11) is 0. The maximum Gasteiger partial charge on any atom is 0.0223 e. The molecule has 0 N–H and O–H groups in total. The SMILES string of the molecule is C[CH]N1CCC[C@@H]1C. The van der Waals surface area contributed by atoms with Crippen molar-refractivity contribution in [3.63, 3.8) is 0 Å². The lowest BCUT2D eigenvalue weighted by molar-refractivity contribution is 0.333. The van der Waals surface area contributed by atoms with E-state index in [1.807, 2.05) is 0 Å². The lowest BCUT2D eigenvalue weighted by Gasteiger charge is -2.16. The summed E-state index contributed by atoms with van der Waals surface area (Å²) >= 11 is 0. The van der Waals surface area contributed by atoms with Gasteiger partial charge in [-0.3, -0.25) is 4.90 Å². The summed E-state index contributed by atoms with van der Waals surface area (Å²) in [6, 6.07) is 0.806. The van der Waals surface area contributed by atoms with E-state index in [2.05, 4.69) is 25.3 Å². The van der Waals surface area contributed by atoms with E-state index >= 15 is 0 Å². The molecule has 0 aromatic heterocycles. The number of hydrogen-bond acceptors (Lipinski definition) is 1. The number of rotatable bonds is 1. The number of nitrogens with zero attached hydrogens (tertiary/aromatic N) is 1. The zero-order valence-electron chi connectivity index (χ0n) is 5.72. The van der Waals surface area contributed by atoms with Crippen molar-refractivity contribution in [2.45, 2.75) is 32.7 Å². The van der Waals surface area contributed by atoms with Gasteiger partial charge in [-0.05, 0) is 33.2 Å². The van der Waals surface area contributed by atoms with Crippen LogP contribution in [0.15, 0.2) is 0 Å². The molecule has 0 amide bonds. The summed E-state index contributed by atoms with van der Waals surface area (Å²) in [6.07, 6.45) is 2.76. The summed E-state index contributed by atoms with van der Waals surface area (Å²) in [4.78, 5) is 2.40. The Morgan fingerprint density at radius 1 is 1.62 bits per heavy atom. The van der Waals surface area contributed by atoms with Gasteiger partial charge < -0.3 is 0 Å². The predicted molar refractivity (Wildman–Crippen MR) is 35.4 cm³/mol. The lowest BCUT2D eigenvalue weighted by Crippen LogP contribution is -2.22. The highest BCUT2D eigenvalue weighted by atomic mass is 15.2. The van der Waals surface area contributed by atoms with Crippen molar-refractivity contribution in [3.05, 3.63) is 6.54 Å². The van der Waals surface area contributed by atoms with Crippen molar-refractivity contribution in [1.82, 2.24) is 4.90 Å². The van der Waals surface area contributed by atoms with Crippen LogP contribution in [0.25, 0.3) is 0 Å². The van der Waals surface area contributed by atoms with Crippen LogP contribution in [0, 0.1) is 6.54 Å². The molecule has 47 valence electrons. The topological polar surface area (TPSA) is 3.24 Å². The molecule has 0 aromatic carbocycles. The van der Waals surface area contributed by atoms with E-state index in [-0.39, 0.29) is 0 Å². The molecule has 0 aliphatic carbocycles.